The SMILES string of the molecule is COc1cc(C)c(C[NH+](C)Cn2nc(-c3ccccc3F)n(C)c2=S)cc1OC. The topological polar surface area (TPSA) is 45.7 Å². The summed E-state index contributed by atoms with van der Waals surface area (Å²) in [7, 11) is 7.13. The van der Waals surface area contributed by atoms with E-state index in [1.54, 1.807) is 48.7 Å². The summed E-state index contributed by atoms with van der Waals surface area (Å²) in [5.74, 6) is 1.62. The molecule has 1 aromatic heterocycles. The first-order chi connectivity index (χ1) is 13.8. The van der Waals surface area contributed by atoms with E-state index >= 15 is 0 Å². The van der Waals surface area contributed by atoms with Crippen LogP contribution in [0.25, 0.3) is 11.4 Å². The lowest BCUT2D eigenvalue weighted by atomic mass is 10.1. The number of halogens is 1. The van der Waals surface area contributed by atoms with Crippen LogP contribution in [0.15, 0.2) is 36.4 Å². The molecular formula is C21H26FN4O2S+. The van der Waals surface area contributed by atoms with Gasteiger partial charge in [0.1, 0.15) is 12.4 Å². The van der Waals surface area contributed by atoms with Gasteiger partial charge in [-0.25, -0.2) is 4.39 Å². The van der Waals surface area contributed by atoms with Crippen LogP contribution in [0.3, 0.4) is 0 Å². The van der Waals surface area contributed by atoms with Crippen molar-refractivity contribution in [1.82, 2.24) is 14.3 Å². The zero-order valence-corrected chi connectivity index (χ0v) is 18.1. The largest absolute Gasteiger partial charge is 0.493 e. The zero-order chi connectivity index (χ0) is 21.1. The fourth-order valence-corrected chi connectivity index (χ4v) is 3.51. The van der Waals surface area contributed by atoms with Gasteiger partial charge in [-0.15, -0.1) is 5.10 Å². The van der Waals surface area contributed by atoms with Crippen LogP contribution in [0.2, 0.25) is 0 Å². The summed E-state index contributed by atoms with van der Waals surface area (Å²) < 4.78 is 29.0. The molecule has 0 aliphatic heterocycles. The Morgan fingerprint density at radius 2 is 1.79 bits per heavy atom. The maximum atomic E-state index is 14.2. The molecule has 1 atom stereocenters. The molecule has 154 valence electrons. The summed E-state index contributed by atoms with van der Waals surface area (Å²) in [6.45, 7) is 3.35. The zero-order valence-electron chi connectivity index (χ0n) is 17.3. The van der Waals surface area contributed by atoms with E-state index in [-0.39, 0.29) is 5.82 Å². The van der Waals surface area contributed by atoms with E-state index in [2.05, 4.69) is 12.1 Å². The molecule has 3 aromatic rings. The average Bonchev–Trinajstić information content (AvgIpc) is 2.97. The van der Waals surface area contributed by atoms with Crippen molar-refractivity contribution in [2.45, 2.75) is 20.1 Å². The van der Waals surface area contributed by atoms with Crippen LogP contribution in [-0.2, 0) is 20.3 Å². The van der Waals surface area contributed by atoms with Crippen LogP contribution >= 0.6 is 12.2 Å². The summed E-state index contributed by atoms with van der Waals surface area (Å²) in [6, 6.07) is 10.6. The number of rotatable bonds is 7. The summed E-state index contributed by atoms with van der Waals surface area (Å²) in [4.78, 5) is 1.18. The van der Waals surface area contributed by atoms with E-state index in [1.165, 1.54) is 11.0 Å². The molecule has 0 amide bonds. The number of hydrogen-bond donors (Lipinski definition) is 1. The van der Waals surface area contributed by atoms with E-state index in [4.69, 9.17) is 21.7 Å². The first-order valence-corrected chi connectivity index (χ1v) is 9.68. The minimum absolute atomic E-state index is 0.315. The van der Waals surface area contributed by atoms with Crippen molar-refractivity contribution in [3.05, 3.63) is 58.1 Å². The second kappa shape index (κ2) is 8.75. The lowest BCUT2D eigenvalue weighted by molar-refractivity contribution is -0.917. The van der Waals surface area contributed by atoms with Crippen LogP contribution < -0.4 is 14.4 Å². The van der Waals surface area contributed by atoms with Gasteiger partial charge in [0.2, 0.25) is 4.77 Å². The fourth-order valence-electron chi connectivity index (χ4n) is 3.32. The number of ether oxygens (including phenoxy) is 2. The van der Waals surface area contributed by atoms with Gasteiger partial charge in [-0.1, -0.05) is 12.1 Å². The molecule has 1 unspecified atom stereocenters. The predicted molar refractivity (Wildman–Crippen MR) is 112 cm³/mol. The van der Waals surface area contributed by atoms with Gasteiger partial charge in [-0.3, -0.25) is 0 Å². The third kappa shape index (κ3) is 4.33. The number of methoxy groups -OCH3 is 2. The number of benzene rings is 2. The Hall–Kier alpha value is -2.71. The number of aromatic nitrogens is 3. The Morgan fingerprint density at radius 1 is 1.14 bits per heavy atom. The van der Waals surface area contributed by atoms with Crippen molar-refractivity contribution in [2.24, 2.45) is 7.05 Å². The molecule has 0 saturated carbocycles. The van der Waals surface area contributed by atoms with Crippen LogP contribution in [0.5, 0.6) is 11.5 Å². The monoisotopic (exact) mass is 417 g/mol. The smallest absolute Gasteiger partial charge is 0.202 e. The first kappa shape index (κ1) is 21.0. The van der Waals surface area contributed by atoms with E-state index in [1.807, 2.05) is 19.1 Å². The molecule has 0 saturated heterocycles. The maximum Gasteiger partial charge on any atom is 0.202 e. The second-order valence-electron chi connectivity index (χ2n) is 7.07. The molecule has 0 bridgehead atoms. The van der Waals surface area contributed by atoms with Crippen LogP contribution in [-0.4, -0.2) is 35.6 Å². The molecular weight excluding hydrogens is 391 g/mol. The van der Waals surface area contributed by atoms with Gasteiger partial charge >= 0.3 is 0 Å². The Morgan fingerprint density at radius 3 is 2.45 bits per heavy atom. The van der Waals surface area contributed by atoms with Gasteiger partial charge in [0.05, 0.1) is 26.8 Å². The predicted octanol–water partition coefficient (Wildman–Crippen LogP) is 2.76. The third-order valence-electron chi connectivity index (χ3n) is 4.91. The lowest BCUT2D eigenvalue weighted by Crippen LogP contribution is -3.07. The molecule has 0 spiro atoms. The van der Waals surface area contributed by atoms with Crippen molar-refractivity contribution in [3.8, 4) is 22.9 Å². The average molecular weight is 418 g/mol. The molecule has 0 fully saturated rings. The standard InChI is InChI=1S/C21H25FN4O2S/c1-14-10-18(27-4)19(28-5)11-15(14)12-24(2)13-26-21(29)25(3)20(23-26)16-8-6-7-9-17(16)22/h6-11H,12-13H2,1-5H3/p+1. The highest BCUT2D eigenvalue weighted by Gasteiger charge is 2.17. The summed E-state index contributed by atoms with van der Waals surface area (Å²) in [5.41, 5.74) is 2.71. The Bertz CT molecular complexity index is 1080. The van der Waals surface area contributed by atoms with Gasteiger partial charge in [-0.2, -0.15) is 4.68 Å². The summed E-state index contributed by atoms with van der Waals surface area (Å²) >= 11 is 5.53. The molecule has 8 heteroatoms. The molecule has 0 aliphatic carbocycles. The Balaban J connectivity index is 1.84. The van der Waals surface area contributed by atoms with Gasteiger partial charge in [0, 0.05) is 12.6 Å². The molecule has 3 rings (SSSR count). The van der Waals surface area contributed by atoms with Gasteiger partial charge in [0.25, 0.3) is 0 Å². The van der Waals surface area contributed by atoms with E-state index < -0.39 is 0 Å². The van der Waals surface area contributed by atoms with Crippen molar-refractivity contribution in [2.75, 3.05) is 21.3 Å². The van der Waals surface area contributed by atoms with Gasteiger partial charge in [-0.05, 0) is 49.0 Å². The highest BCUT2D eigenvalue weighted by atomic mass is 32.1. The normalized spacial score (nSPS) is 12.1. The highest BCUT2D eigenvalue weighted by Crippen LogP contribution is 2.30. The second-order valence-corrected chi connectivity index (χ2v) is 7.44. The number of hydrogen-bond acceptors (Lipinski definition) is 4. The maximum absolute atomic E-state index is 14.2. The van der Waals surface area contributed by atoms with Crippen LogP contribution in [0, 0.1) is 17.5 Å². The Kier molecular flexibility index (Phi) is 6.34. The molecule has 2 aromatic carbocycles. The molecule has 1 heterocycles. The summed E-state index contributed by atoms with van der Waals surface area (Å²) in [6.07, 6.45) is 0. The van der Waals surface area contributed by atoms with E-state index in [0.29, 0.717) is 34.3 Å². The minimum Gasteiger partial charge on any atom is -0.493 e. The van der Waals surface area contributed by atoms with Crippen LogP contribution in [0.4, 0.5) is 4.39 Å². The quantitative estimate of drug-likeness (QED) is 0.601. The first-order valence-electron chi connectivity index (χ1n) is 9.27. The molecule has 29 heavy (non-hydrogen) atoms. The summed E-state index contributed by atoms with van der Waals surface area (Å²) in [5, 5.41) is 4.58. The van der Waals surface area contributed by atoms with Crippen molar-refractivity contribution in [3.63, 3.8) is 0 Å². The van der Waals surface area contributed by atoms with Gasteiger partial charge in [0.15, 0.2) is 24.0 Å². The fraction of sp³-hybridized carbons (Fsp3) is 0.333. The van der Waals surface area contributed by atoms with Crippen LogP contribution in [0.1, 0.15) is 11.1 Å². The molecule has 1 N–H and O–H groups in total. The van der Waals surface area contributed by atoms with Gasteiger partial charge < -0.3 is 18.9 Å². The number of nitrogens with zero attached hydrogens (tertiary/aromatic N) is 3. The molecule has 0 radical (unpaired) electrons. The van der Waals surface area contributed by atoms with Crippen molar-refractivity contribution in [1.29, 1.82) is 0 Å². The van der Waals surface area contributed by atoms with E-state index in [9.17, 15) is 4.39 Å². The van der Waals surface area contributed by atoms with E-state index in [0.717, 1.165) is 17.7 Å². The number of aryl methyl sites for hydroxylation is 1. The molecule has 0 aliphatic rings. The Labute approximate surface area is 175 Å². The van der Waals surface area contributed by atoms with Crippen molar-refractivity contribution >= 4 is 12.2 Å². The third-order valence-corrected chi connectivity index (χ3v) is 5.39. The minimum atomic E-state index is -0.315. The van der Waals surface area contributed by atoms with Crippen molar-refractivity contribution < 1.29 is 18.8 Å². The number of quaternary nitrogens is 1. The highest BCUT2D eigenvalue weighted by molar-refractivity contribution is 7.71. The number of nitrogens with one attached hydrogen (secondary N) is 1. The molecule has 6 nitrogen and oxygen atoms in total. The lowest BCUT2D eigenvalue weighted by Gasteiger charge is -2.17.